The van der Waals surface area contributed by atoms with Crippen LogP contribution in [0.2, 0.25) is 0 Å². The molecule has 19 heavy (non-hydrogen) atoms. The number of ether oxygens (including phenoxy) is 2. The lowest BCUT2D eigenvalue weighted by atomic mass is 10.2. The van der Waals surface area contributed by atoms with E-state index in [4.69, 9.17) is 15.2 Å². The number of aromatic nitrogens is 4. The Morgan fingerprint density at radius 1 is 1.16 bits per heavy atom. The first kappa shape index (κ1) is 13.4. The molecule has 1 aromatic carbocycles. The van der Waals surface area contributed by atoms with Crippen molar-refractivity contribution >= 4 is 5.69 Å². The van der Waals surface area contributed by atoms with Crippen LogP contribution >= 0.6 is 0 Å². The van der Waals surface area contributed by atoms with Gasteiger partial charge in [0.1, 0.15) is 0 Å². The Morgan fingerprint density at radius 3 is 2.68 bits per heavy atom. The van der Waals surface area contributed by atoms with Gasteiger partial charge in [-0.05, 0) is 34.7 Å². The van der Waals surface area contributed by atoms with E-state index < -0.39 is 0 Å². The minimum Gasteiger partial charge on any atom is -0.399 e. The van der Waals surface area contributed by atoms with Crippen LogP contribution in [0.3, 0.4) is 0 Å². The highest BCUT2D eigenvalue weighted by atomic mass is 16.5. The summed E-state index contributed by atoms with van der Waals surface area (Å²) in [4.78, 5) is 0. The number of nitrogen functional groups attached to an aromatic ring is 1. The minimum absolute atomic E-state index is 0.538. The second kappa shape index (κ2) is 6.81. The Labute approximate surface area is 111 Å². The molecule has 0 atom stereocenters. The zero-order chi connectivity index (χ0) is 13.5. The van der Waals surface area contributed by atoms with Crippen LogP contribution in [0, 0.1) is 0 Å². The predicted molar refractivity (Wildman–Crippen MR) is 70.4 cm³/mol. The third kappa shape index (κ3) is 3.73. The van der Waals surface area contributed by atoms with Crippen LogP contribution < -0.4 is 5.73 Å². The first-order chi connectivity index (χ1) is 9.31. The fourth-order valence-corrected chi connectivity index (χ4v) is 1.59. The van der Waals surface area contributed by atoms with Crippen LogP contribution in [-0.4, -0.2) is 47.1 Å². The van der Waals surface area contributed by atoms with E-state index >= 15 is 0 Å². The van der Waals surface area contributed by atoms with Crippen molar-refractivity contribution in [3.8, 4) is 11.4 Å². The van der Waals surface area contributed by atoms with Gasteiger partial charge in [0.05, 0.1) is 26.4 Å². The Morgan fingerprint density at radius 2 is 1.95 bits per heavy atom. The van der Waals surface area contributed by atoms with E-state index in [1.807, 2.05) is 24.3 Å². The van der Waals surface area contributed by atoms with Gasteiger partial charge >= 0.3 is 0 Å². The summed E-state index contributed by atoms with van der Waals surface area (Å²) in [6, 6.07) is 7.43. The summed E-state index contributed by atoms with van der Waals surface area (Å²) in [7, 11) is 1.64. The van der Waals surface area contributed by atoms with Gasteiger partial charge in [0.25, 0.3) is 0 Å². The smallest absolute Gasteiger partial charge is 0.182 e. The molecule has 1 heterocycles. The van der Waals surface area contributed by atoms with E-state index in [2.05, 4.69) is 15.5 Å². The van der Waals surface area contributed by atoms with E-state index in [1.54, 1.807) is 11.8 Å². The molecule has 0 saturated heterocycles. The van der Waals surface area contributed by atoms with Crippen molar-refractivity contribution in [2.75, 3.05) is 32.7 Å². The van der Waals surface area contributed by atoms with Gasteiger partial charge < -0.3 is 15.2 Å². The largest absolute Gasteiger partial charge is 0.399 e. The number of nitrogens with two attached hydrogens (primary N) is 1. The Balaban J connectivity index is 1.96. The summed E-state index contributed by atoms with van der Waals surface area (Å²) in [6.07, 6.45) is 0. The summed E-state index contributed by atoms with van der Waals surface area (Å²) >= 11 is 0. The standard InChI is InChI=1S/C12H17N5O2/c1-18-8-9-19-7-6-17-12(14-15-16-17)10-2-4-11(13)5-3-10/h2-5H,6-9,13H2,1H3. The van der Waals surface area contributed by atoms with Gasteiger partial charge in [-0.3, -0.25) is 0 Å². The summed E-state index contributed by atoms with van der Waals surface area (Å²) in [5.74, 6) is 0.704. The lowest BCUT2D eigenvalue weighted by Crippen LogP contribution is -2.11. The maximum Gasteiger partial charge on any atom is 0.182 e. The quantitative estimate of drug-likeness (QED) is 0.581. The number of nitrogens with zero attached hydrogens (tertiary/aromatic N) is 4. The average molecular weight is 263 g/mol. The topological polar surface area (TPSA) is 88.1 Å². The molecule has 0 saturated carbocycles. The molecular weight excluding hydrogens is 246 g/mol. The van der Waals surface area contributed by atoms with Crippen LogP contribution in [0.5, 0.6) is 0 Å². The Bertz CT molecular complexity index is 497. The highest BCUT2D eigenvalue weighted by Crippen LogP contribution is 2.16. The maximum absolute atomic E-state index is 5.65. The lowest BCUT2D eigenvalue weighted by molar-refractivity contribution is 0.0654. The molecular formula is C12H17N5O2. The number of rotatable bonds is 7. The molecule has 0 aliphatic rings. The van der Waals surface area contributed by atoms with Crippen molar-refractivity contribution in [1.82, 2.24) is 20.2 Å². The van der Waals surface area contributed by atoms with Gasteiger partial charge in [-0.25, -0.2) is 4.68 Å². The van der Waals surface area contributed by atoms with E-state index in [1.165, 1.54) is 0 Å². The summed E-state index contributed by atoms with van der Waals surface area (Å²) in [5.41, 5.74) is 7.30. The van der Waals surface area contributed by atoms with Crippen LogP contribution in [0.4, 0.5) is 5.69 Å². The van der Waals surface area contributed by atoms with Crippen molar-refractivity contribution in [2.45, 2.75) is 6.54 Å². The van der Waals surface area contributed by atoms with E-state index in [0.717, 1.165) is 5.56 Å². The highest BCUT2D eigenvalue weighted by molar-refractivity contribution is 5.58. The van der Waals surface area contributed by atoms with Crippen molar-refractivity contribution in [3.05, 3.63) is 24.3 Å². The SMILES string of the molecule is COCCOCCn1nnnc1-c1ccc(N)cc1. The molecule has 0 bridgehead atoms. The fourth-order valence-electron chi connectivity index (χ4n) is 1.59. The third-order valence-electron chi connectivity index (χ3n) is 2.58. The number of methoxy groups -OCH3 is 1. The van der Waals surface area contributed by atoms with Crippen LogP contribution in [0.1, 0.15) is 0 Å². The summed E-state index contributed by atoms with van der Waals surface area (Å²) in [6.45, 7) is 2.28. The molecule has 0 fully saturated rings. The molecule has 102 valence electrons. The minimum atomic E-state index is 0.538. The van der Waals surface area contributed by atoms with Crippen LogP contribution in [-0.2, 0) is 16.0 Å². The van der Waals surface area contributed by atoms with Crippen molar-refractivity contribution in [3.63, 3.8) is 0 Å². The number of hydrogen-bond donors (Lipinski definition) is 1. The van der Waals surface area contributed by atoms with Gasteiger partial charge in [0.2, 0.25) is 0 Å². The zero-order valence-corrected chi connectivity index (χ0v) is 10.8. The normalized spacial score (nSPS) is 10.8. The molecule has 2 rings (SSSR count). The third-order valence-corrected chi connectivity index (χ3v) is 2.58. The molecule has 1 aromatic heterocycles. The van der Waals surface area contributed by atoms with Gasteiger partial charge in [0.15, 0.2) is 5.82 Å². The monoisotopic (exact) mass is 263 g/mol. The van der Waals surface area contributed by atoms with Crippen LogP contribution in [0.15, 0.2) is 24.3 Å². The Hall–Kier alpha value is -1.99. The second-order valence-corrected chi connectivity index (χ2v) is 3.95. The van der Waals surface area contributed by atoms with Gasteiger partial charge in [-0.2, -0.15) is 0 Å². The fraction of sp³-hybridized carbons (Fsp3) is 0.417. The van der Waals surface area contributed by atoms with Crippen molar-refractivity contribution < 1.29 is 9.47 Å². The molecule has 0 aliphatic carbocycles. The molecule has 0 spiro atoms. The van der Waals surface area contributed by atoms with Gasteiger partial charge in [0, 0.05) is 18.4 Å². The first-order valence-corrected chi connectivity index (χ1v) is 6.00. The van der Waals surface area contributed by atoms with Crippen molar-refractivity contribution in [1.29, 1.82) is 0 Å². The van der Waals surface area contributed by atoms with Crippen molar-refractivity contribution in [2.24, 2.45) is 0 Å². The zero-order valence-electron chi connectivity index (χ0n) is 10.8. The first-order valence-electron chi connectivity index (χ1n) is 6.00. The van der Waals surface area contributed by atoms with Gasteiger partial charge in [-0.1, -0.05) is 0 Å². The highest BCUT2D eigenvalue weighted by Gasteiger charge is 2.08. The van der Waals surface area contributed by atoms with Crippen LogP contribution in [0.25, 0.3) is 11.4 Å². The summed E-state index contributed by atoms with van der Waals surface area (Å²) in [5, 5.41) is 11.6. The number of benzene rings is 1. The maximum atomic E-state index is 5.65. The molecule has 7 nitrogen and oxygen atoms in total. The molecule has 0 aliphatic heterocycles. The molecule has 2 N–H and O–H groups in total. The van der Waals surface area contributed by atoms with E-state index in [-0.39, 0.29) is 0 Å². The lowest BCUT2D eigenvalue weighted by Gasteiger charge is -2.06. The second-order valence-electron chi connectivity index (χ2n) is 3.95. The van der Waals surface area contributed by atoms with E-state index in [9.17, 15) is 0 Å². The molecule has 0 radical (unpaired) electrons. The predicted octanol–water partition coefficient (Wildman–Crippen LogP) is 0.585. The molecule has 2 aromatic rings. The summed E-state index contributed by atoms with van der Waals surface area (Å²) < 4.78 is 12.0. The Kier molecular flexibility index (Phi) is 4.82. The molecule has 7 heteroatoms. The average Bonchev–Trinajstić information content (AvgIpc) is 2.88. The number of tetrazole rings is 1. The van der Waals surface area contributed by atoms with E-state index in [0.29, 0.717) is 37.9 Å². The number of hydrogen-bond acceptors (Lipinski definition) is 6. The molecule has 0 unspecified atom stereocenters. The molecule has 0 amide bonds. The number of anilines is 1. The van der Waals surface area contributed by atoms with Gasteiger partial charge in [-0.15, -0.1) is 5.10 Å².